The summed E-state index contributed by atoms with van der Waals surface area (Å²) < 4.78 is 7.72. The Balaban J connectivity index is 1.24. The number of anilines is 1. The number of hydrogen-bond acceptors (Lipinski definition) is 3. The summed E-state index contributed by atoms with van der Waals surface area (Å²) in [5.74, 6) is 4.16. The molecule has 168 valence electrons. The van der Waals surface area contributed by atoms with Gasteiger partial charge in [-0.15, -0.1) is 0 Å². The van der Waals surface area contributed by atoms with Crippen LogP contribution in [0, 0.1) is 29.6 Å². The van der Waals surface area contributed by atoms with Gasteiger partial charge in [0.1, 0.15) is 6.73 Å². The first-order valence-corrected chi connectivity index (χ1v) is 15.5. The third-order valence-electron chi connectivity index (χ3n) is 7.89. The smallest absolute Gasteiger partial charge is 0.224 e. The SMILES string of the molecule is C[SiH](C)CCOCn1c(Cl)nc2ccc(NC(=O)CC3C4CC5CC(C4)CC3C5)cc21. The number of imidazole rings is 1. The second kappa shape index (κ2) is 8.87. The minimum atomic E-state index is -0.623. The summed E-state index contributed by atoms with van der Waals surface area (Å²) in [5.41, 5.74) is 2.54. The minimum absolute atomic E-state index is 0.145. The summed E-state index contributed by atoms with van der Waals surface area (Å²) in [6.45, 7) is 5.78. The van der Waals surface area contributed by atoms with E-state index in [1.807, 2.05) is 22.8 Å². The van der Waals surface area contributed by atoms with Crippen LogP contribution in [0.1, 0.15) is 38.5 Å². The van der Waals surface area contributed by atoms with E-state index < -0.39 is 8.80 Å². The molecule has 0 unspecified atom stereocenters. The van der Waals surface area contributed by atoms with Crippen LogP contribution < -0.4 is 5.32 Å². The molecule has 1 amide bonds. The molecule has 1 aromatic carbocycles. The standard InChI is InChI=1S/C24H34ClN3O2Si/c1-31(2)6-5-30-14-28-22-12-19(3-4-21(22)27-24(28)25)26-23(29)13-20-17-8-15-7-16(10-17)11-18(20)9-15/h3-4,12,15-18,20,31H,5-11,13-14H2,1-2H3,(H,26,29). The highest BCUT2D eigenvalue weighted by molar-refractivity contribution is 6.55. The van der Waals surface area contributed by atoms with E-state index in [1.165, 1.54) is 32.1 Å². The molecule has 0 radical (unpaired) electrons. The quantitative estimate of drug-likeness (QED) is 0.415. The maximum absolute atomic E-state index is 12.9. The van der Waals surface area contributed by atoms with Gasteiger partial charge in [0.25, 0.3) is 0 Å². The van der Waals surface area contributed by atoms with Gasteiger partial charge in [0.05, 0.1) is 11.0 Å². The van der Waals surface area contributed by atoms with Gasteiger partial charge in [-0.1, -0.05) is 13.1 Å². The molecule has 4 bridgehead atoms. The number of hydrogen-bond donors (Lipinski definition) is 1. The van der Waals surface area contributed by atoms with E-state index in [0.29, 0.717) is 24.4 Å². The van der Waals surface area contributed by atoms with Gasteiger partial charge in [-0.05, 0) is 97.5 Å². The number of carbonyl (C=O) groups is 1. The van der Waals surface area contributed by atoms with Crippen LogP contribution in [0.3, 0.4) is 0 Å². The lowest BCUT2D eigenvalue weighted by atomic mass is 9.51. The highest BCUT2D eigenvalue weighted by Crippen LogP contribution is 2.57. The highest BCUT2D eigenvalue weighted by atomic mass is 35.5. The lowest BCUT2D eigenvalue weighted by Crippen LogP contribution is -2.46. The molecule has 7 heteroatoms. The van der Waals surface area contributed by atoms with Gasteiger partial charge in [0.2, 0.25) is 11.2 Å². The summed E-state index contributed by atoms with van der Waals surface area (Å²) >= 11 is 6.36. The molecule has 1 N–H and O–H groups in total. The van der Waals surface area contributed by atoms with Crippen molar-refractivity contribution in [1.82, 2.24) is 9.55 Å². The number of carbonyl (C=O) groups excluding carboxylic acids is 1. The van der Waals surface area contributed by atoms with Gasteiger partial charge < -0.3 is 10.1 Å². The number of halogens is 1. The largest absolute Gasteiger partial charge is 0.361 e. The third kappa shape index (κ3) is 4.57. The molecule has 0 atom stereocenters. The molecule has 0 aliphatic heterocycles. The van der Waals surface area contributed by atoms with Crippen molar-refractivity contribution in [3.8, 4) is 0 Å². The van der Waals surface area contributed by atoms with E-state index in [4.69, 9.17) is 16.3 Å². The number of nitrogens with one attached hydrogen (secondary N) is 1. The Bertz CT molecular complexity index is 932. The van der Waals surface area contributed by atoms with Crippen molar-refractivity contribution in [3.63, 3.8) is 0 Å². The molecular weight excluding hydrogens is 426 g/mol. The highest BCUT2D eigenvalue weighted by Gasteiger charge is 2.48. The Morgan fingerprint density at radius 2 is 1.90 bits per heavy atom. The topological polar surface area (TPSA) is 56.1 Å². The number of fused-ring (bicyclic) bond motifs is 1. The molecule has 1 aromatic heterocycles. The molecule has 1 heterocycles. The van der Waals surface area contributed by atoms with E-state index in [9.17, 15) is 4.79 Å². The van der Waals surface area contributed by atoms with Crippen LogP contribution in [-0.2, 0) is 16.3 Å². The van der Waals surface area contributed by atoms with Gasteiger partial charge in [-0.25, -0.2) is 4.98 Å². The first-order chi connectivity index (χ1) is 15.0. The molecule has 0 saturated heterocycles. The van der Waals surface area contributed by atoms with Gasteiger partial charge in [0.15, 0.2) is 0 Å². The maximum atomic E-state index is 12.9. The van der Waals surface area contributed by atoms with Gasteiger partial charge >= 0.3 is 0 Å². The summed E-state index contributed by atoms with van der Waals surface area (Å²) in [6, 6.07) is 6.98. The average molecular weight is 460 g/mol. The molecule has 5 nitrogen and oxygen atoms in total. The molecule has 31 heavy (non-hydrogen) atoms. The zero-order chi connectivity index (χ0) is 21.5. The fourth-order valence-electron chi connectivity index (χ4n) is 6.57. The molecule has 0 spiro atoms. The Labute approximate surface area is 191 Å². The molecule has 6 rings (SSSR count). The van der Waals surface area contributed by atoms with Gasteiger partial charge in [-0.2, -0.15) is 0 Å². The number of nitrogens with zero attached hydrogens (tertiary/aromatic N) is 2. The second-order valence-corrected chi connectivity index (χ2v) is 14.3. The zero-order valence-electron chi connectivity index (χ0n) is 18.6. The molecule has 4 saturated carbocycles. The van der Waals surface area contributed by atoms with Gasteiger partial charge in [-0.3, -0.25) is 9.36 Å². The van der Waals surface area contributed by atoms with Crippen molar-refractivity contribution in [2.45, 2.75) is 64.4 Å². The Kier molecular flexibility index (Phi) is 6.14. The van der Waals surface area contributed by atoms with Crippen LogP contribution in [0.4, 0.5) is 5.69 Å². The third-order valence-corrected chi connectivity index (χ3v) is 9.57. The van der Waals surface area contributed by atoms with Crippen LogP contribution in [0.25, 0.3) is 11.0 Å². The Morgan fingerprint density at radius 1 is 1.19 bits per heavy atom. The molecule has 4 aliphatic rings. The van der Waals surface area contributed by atoms with Crippen molar-refractivity contribution in [1.29, 1.82) is 0 Å². The van der Waals surface area contributed by atoms with Crippen molar-refractivity contribution < 1.29 is 9.53 Å². The zero-order valence-corrected chi connectivity index (χ0v) is 20.6. The van der Waals surface area contributed by atoms with Crippen LogP contribution in [-0.4, -0.2) is 30.9 Å². The van der Waals surface area contributed by atoms with E-state index >= 15 is 0 Å². The van der Waals surface area contributed by atoms with Crippen molar-refractivity contribution in [2.75, 3.05) is 11.9 Å². The number of rotatable bonds is 8. The summed E-state index contributed by atoms with van der Waals surface area (Å²) in [5, 5.41) is 3.58. The predicted octanol–water partition coefficient (Wildman–Crippen LogP) is 5.55. The normalized spacial score (nSPS) is 29.2. The first-order valence-electron chi connectivity index (χ1n) is 12.0. The number of benzene rings is 1. The molecular formula is C24H34ClN3O2Si. The lowest BCUT2D eigenvalue weighted by Gasteiger charge is -2.54. The van der Waals surface area contributed by atoms with E-state index in [1.54, 1.807) is 0 Å². The monoisotopic (exact) mass is 459 g/mol. The molecule has 4 fully saturated rings. The molecule has 4 aliphatic carbocycles. The second-order valence-electron chi connectivity index (χ2n) is 10.6. The van der Waals surface area contributed by atoms with E-state index in [-0.39, 0.29) is 5.91 Å². The average Bonchev–Trinajstić information content (AvgIpc) is 3.02. The number of aromatic nitrogens is 2. The maximum Gasteiger partial charge on any atom is 0.224 e. The fraction of sp³-hybridized carbons (Fsp3) is 0.667. The first kappa shape index (κ1) is 21.5. The minimum Gasteiger partial charge on any atom is -0.361 e. The van der Waals surface area contributed by atoms with Crippen LogP contribution in [0.2, 0.25) is 24.4 Å². The predicted molar refractivity (Wildman–Crippen MR) is 128 cm³/mol. The Morgan fingerprint density at radius 3 is 2.58 bits per heavy atom. The lowest BCUT2D eigenvalue weighted by molar-refractivity contribution is -0.121. The number of amides is 1. The van der Waals surface area contributed by atoms with Crippen LogP contribution in [0.5, 0.6) is 0 Å². The van der Waals surface area contributed by atoms with Crippen LogP contribution >= 0.6 is 11.6 Å². The van der Waals surface area contributed by atoms with Crippen molar-refractivity contribution in [3.05, 3.63) is 23.5 Å². The summed E-state index contributed by atoms with van der Waals surface area (Å²) in [6.07, 6.45) is 7.53. The summed E-state index contributed by atoms with van der Waals surface area (Å²) in [4.78, 5) is 17.4. The number of ether oxygens (including phenoxy) is 1. The molecule has 2 aromatic rings. The van der Waals surface area contributed by atoms with Crippen LogP contribution in [0.15, 0.2) is 18.2 Å². The van der Waals surface area contributed by atoms with Gasteiger partial charge in [0, 0.05) is 27.5 Å². The fourth-order valence-corrected chi connectivity index (χ4v) is 7.44. The summed E-state index contributed by atoms with van der Waals surface area (Å²) in [7, 11) is -0.623. The van der Waals surface area contributed by atoms with Crippen molar-refractivity contribution >= 4 is 43.0 Å². The van der Waals surface area contributed by atoms with E-state index in [0.717, 1.165) is 53.0 Å². The Hall–Kier alpha value is -1.37. The van der Waals surface area contributed by atoms with E-state index in [2.05, 4.69) is 23.4 Å². The van der Waals surface area contributed by atoms with Crippen molar-refractivity contribution in [2.24, 2.45) is 29.6 Å².